The first-order valence-electron chi connectivity index (χ1n) is 7.83. The zero-order chi connectivity index (χ0) is 16.1. The van der Waals surface area contributed by atoms with Gasteiger partial charge in [-0.1, -0.05) is 24.6 Å². The maximum Gasteiger partial charge on any atom is 0.263 e. The van der Waals surface area contributed by atoms with Gasteiger partial charge in [0.15, 0.2) is 0 Å². The van der Waals surface area contributed by atoms with Gasteiger partial charge in [-0.3, -0.25) is 9.78 Å². The van der Waals surface area contributed by atoms with E-state index in [1.165, 1.54) is 11.3 Å². The van der Waals surface area contributed by atoms with Crippen molar-refractivity contribution in [3.63, 3.8) is 0 Å². The lowest BCUT2D eigenvalue weighted by Gasteiger charge is -2.28. The SMILES string of the molecule is O=C(N[C@@H]1CCCC[C@@H](Oc2ccccc2)[C@@H]1O)c1cncs1. The van der Waals surface area contributed by atoms with E-state index in [0.717, 1.165) is 31.4 Å². The van der Waals surface area contributed by atoms with Crippen LogP contribution in [0.1, 0.15) is 35.4 Å². The van der Waals surface area contributed by atoms with Gasteiger partial charge in [0.05, 0.1) is 17.7 Å². The second-order valence-electron chi connectivity index (χ2n) is 5.69. The average Bonchev–Trinajstić information content (AvgIpc) is 3.06. The van der Waals surface area contributed by atoms with Crippen molar-refractivity contribution in [2.75, 3.05) is 0 Å². The van der Waals surface area contributed by atoms with Gasteiger partial charge in [-0.2, -0.15) is 0 Å². The van der Waals surface area contributed by atoms with Crippen LogP contribution in [0.4, 0.5) is 0 Å². The van der Waals surface area contributed by atoms with Crippen molar-refractivity contribution in [2.45, 2.75) is 43.9 Å². The number of para-hydroxylation sites is 1. The summed E-state index contributed by atoms with van der Waals surface area (Å²) in [6.07, 6.45) is 3.96. The molecule has 5 nitrogen and oxygen atoms in total. The van der Waals surface area contributed by atoms with E-state index >= 15 is 0 Å². The van der Waals surface area contributed by atoms with Crippen molar-refractivity contribution < 1.29 is 14.6 Å². The number of benzene rings is 1. The molecule has 1 aliphatic rings. The van der Waals surface area contributed by atoms with E-state index in [1.807, 2.05) is 30.3 Å². The van der Waals surface area contributed by atoms with Crippen molar-refractivity contribution in [1.29, 1.82) is 0 Å². The second-order valence-corrected chi connectivity index (χ2v) is 6.58. The van der Waals surface area contributed by atoms with Crippen LogP contribution in [0.3, 0.4) is 0 Å². The summed E-state index contributed by atoms with van der Waals surface area (Å²) in [5, 5.41) is 13.6. The Morgan fingerprint density at radius 3 is 2.78 bits per heavy atom. The molecule has 0 aliphatic heterocycles. The number of ether oxygens (including phenoxy) is 1. The minimum Gasteiger partial charge on any atom is -0.488 e. The van der Waals surface area contributed by atoms with Gasteiger partial charge < -0.3 is 15.2 Å². The lowest BCUT2D eigenvalue weighted by Crippen LogP contribution is -2.49. The largest absolute Gasteiger partial charge is 0.488 e. The van der Waals surface area contributed by atoms with Crippen LogP contribution in [0.5, 0.6) is 5.75 Å². The fraction of sp³-hybridized carbons (Fsp3) is 0.412. The van der Waals surface area contributed by atoms with Gasteiger partial charge in [0.2, 0.25) is 0 Å². The van der Waals surface area contributed by atoms with Gasteiger partial charge in [0.1, 0.15) is 22.8 Å². The number of aliphatic hydroxyl groups is 1. The number of hydrogen-bond donors (Lipinski definition) is 2. The summed E-state index contributed by atoms with van der Waals surface area (Å²) in [7, 11) is 0. The number of nitrogens with zero attached hydrogens (tertiary/aromatic N) is 1. The van der Waals surface area contributed by atoms with Gasteiger partial charge in [0, 0.05) is 0 Å². The number of hydrogen-bond acceptors (Lipinski definition) is 5. The molecule has 3 atom stereocenters. The molecule has 23 heavy (non-hydrogen) atoms. The monoisotopic (exact) mass is 332 g/mol. The predicted molar refractivity (Wildman–Crippen MR) is 88.7 cm³/mol. The second kappa shape index (κ2) is 7.57. The minimum atomic E-state index is -0.727. The van der Waals surface area contributed by atoms with Gasteiger partial charge in [0.25, 0.3) is 5.91 Å². The van der Waals surface area contributed by atoms with E-state index in [2.05, 4.69) is 10.3 Å². The van der Waals surface area contributed by atoms with Crippen LogP contribution in [0.25, 0.3) is 0 Å². The number of thiazole rings is 1. The maximum absolute atomic E-state index is 12.2. The number of carbonyl (C=O) groups is 1. The van der Waals surface area contributed by atoms with Crippen molar-refractivity contribution in [1.82, 2.24) is 10.3 Å². The fourth-order valence-corrected chi connectivity index (χ4v) is 3.36. The summed E-state index contributed by atoms with van der Waals surface area (Å²) < 4.78 is 5.94. The van der Waals surface area contributed by atoms with E-state index < -0.39 is 6.10 Å². The lowest BCUT2D eigenvalue weighted by atomic mass is 10.0. The molecular weight excluding hydrogens is 312 g/mol. The van der Waals surface area contributed by atoms with Crippen molar-refractivity contribution in [3.8, 4) is 5.75 Å². The molecule has 3 rings (SSSR count). The van der Waals surface area contributed by atoms with Crippen LogP contribution in [0, 0.1) is 0 Å². The molecule has 1 heterocycles. The lowest BCUT2D eigenvalue weighted by molar-refractivity contribution is 0.0129. The van der Waals surface area contributed by atoms with E-state index in [4.69, 9.17) is 4.74 Å². The Hall–Kier alpha value is -1.92. The highest BCUT2D eigenvalue weighted by Crippen LogP contribution is 2.24. The highest BCUT2D eigenvalue weighted by Gasteiger charge is 2.32. The molecule has 0 radical (unpaired) electrons. The molecule has 0 bridgehead atoms. The summed E-state index contributed by atoms with van der Waals surface area (Å²) >= 11 is 1.29. The Bertz CT molecular complexity index is 618. The quantitative estimate of drug-likeness (QED) is 0.844. The molecular formula is C17H20N2O3S. The normalized spacial score (nSPS) is 24.7. The first-order chi connectivity index (χ1) is 11.2. The molecule has 0 unspecified atom stereocenters. The molecule has 1 fully saturated rings. The van der Waals surface area contributed by atoms with E-state index in [0.29, 0.717) is 4.88 Å². The Labute approximate surface area is 139 Å². The Morgan fingerprint density at radius 2 is 2.04 bits per heavy atom. The molecule has 2 aromatic rings. The van der Waals surface area contributed by atoms with E-state index in [-0.39, 0.29) is 18.1 Å². The molecule has 0 saturated heterocycles. The number of aromatic nitrogens is 1. The van der Waals surface area contributed by atoms with Crippen LogP contribution < -0.4 is 10.1 Å². The molecule has 1 aromatic heterocycles. The molecule has 1 saturated carbocycles. The third-order valence-corrected chi connectivity index (χ3v) is 4.82. The van der Waals surface area contributed by atoms with Gasteiger partial charge >= 0.3 is 0 Å². The summed E-state index contributed by atoms with van der Waals surface area (Å²) in [4.78, 5) is 16.7. The molecule has 1 aromatic carbocycles. The van der Waals surface area contributed by atoms with Crippen LogP contribution in [0.2, 0.25) is 0 Å². The number of rotatable bonds is 4. The topological polar surface area (TPSA) is 71.5 Å². The van der Waals surface area contributed by atoms with Gasteiger partial charge in [-0.05, 0) is 31.4 Å². The number of carbonyl (C=O) groups excluding carboxylic acids is 1. The average molecular weight is 332 g/mol. The standard InChI is InChI=1S/C17H20N2O3S/c20-16-13(19-17(21)15-10-18-11-23-15)8-4-5-9-14(16)22-12-6-2-1-3-7-12/h1-3,6-7,10-11,13-14,16,20H,4-5,8-9H2,(H,19,21)/t13-,14-,16-/m1/s1. The van der Waals surface area contributed by atoms with E-state index in [9.17, 15) is 9.90 Å². The van der Waals surface area contributed by atoms with Crippen LogP contribution in [-0.4, -0.2) is 34.2 Å². The van der Waals surface area contributed by atoms with Crippen LogP contribution in [0.15, 0.2) is 42.0 Å². The predicted octanol–water partition coefficient (Wildman–Crippen LogP) is 2.62. The Balaban J connectivity index is 1.67. The number of amides is 1. The minimum absolute atomic E-state index is 0.183. The zero-order valence-electron chi connectivity index (χ0n) is 12.7. The Kier molecular flexibility index (Phi) is 5.25. The van der Waals surface area contributed by atoms with Gasteiger partial charge in [-0.15, -0.1) is 11.3 Å². The molecule has 0 spiro atoms. The number of aliphatic hydroxyl groups excluding tert-OH is 1. The molecule has 1 aliphatic carbocycles. The van der Waals surface area contributed by atoms with Crippen LogP contribution in [-0.2, 0) is 0 Å². The third-order valence-electron chi connectivity index (χ3n) is 4.05. The summed E-state index contributed by atoms with van der Waals surface area (Å²) in [5.41, 5.74) is 1.62. The first-order valence-corrected chi connectivity index (χ1v) is 8.71. The Morgan fingerprint density at radius 1 is 1.26 bits per heavy atom. The summed E-state index contributed by atoms with van der Waals surface area (Å²) in [5.74, 6) is 0.558. The van der Waals surface area contributed by atoms with Crippen molar-refractivity contribution >= 4 is 17.2 Å². The molecule has 6 heteroatoms. The first kappa shape index (κ1) is 16.0. The molecule has 122 valence electrons. The van der Waals surface area contributed by atoms with Crippen LogP contribution >= 0.6 is 11.3 Å². The van der Waals surface area contributed by atoms with Gasteiger partial charge in [-0.25, -0.2) is 0 Å². The van der Waals surface area contributed by atoms with E-state index in [1.54, 1.807) is 11.7 Å². The van der Waals surface area contributed by atoms with Crippen molar-refractivity contribution in [3.05, 3.63) is 46.9 Å². The smallest absolute Gasteiger partial charge is 0.263 e. The zero-order valence-corrected chi connectivity index (χ0v) is 13.5. The third kappa shape index (κ3) is 4.09. The molecule has 2 N–H and O–H groups in total. The summed E-state index contributed by atoms with van der Waals surface area (Å²) in [6.45, 7) is 0. The molecule has 1 amide bonds. The fourth-order valence-electron chi connectivity index (χ4n) is 2.84. The highest BCUT2D eigenvalue weighted by molar-refractivity contribution is 7.11. The summed E-state index contributed by atoms with van der Waals surface area (Å²) in [6, 6.07) is 9.18. The van der Waals surface area contributed by atoms with Crippen molar-refractivity contribution in [2.24, 2.45) is 0 Å². The number of nitrogens with one attached hydrogen (secondary N) is 1. The highest BCUT2D eigenvalue weighted by atomic mass is 32.1. The maximum atomic E-state index is 12.2.